The molecule has 1 aromatic carbocycles. The number of fused-ring (bicyclic) bond motifs is 1. The van der Waals surface area contributed by atoms with Crippen LogP contribution in [0.15, 0.2) is 18.2 Å². The van der Waals surface area contributed by atoms with E-state index in [0.717, 1.165) is 36.5 Å². The van der Waals surface area contributed by atoms with E-state index in [0.29, 0.717) is 5.52 Å². The van der Waals surface area contributed by atoms with E-state index in [9.17, 15) is 4.39 Å². The highest BCUT2D eigenvalue weighted by Crippen LogP contribution is 2.25. The molecule has 0 aliphatic heterocycles. The van der Waals surface area contributed by atoms with Crippen LogP contribution in [0.1, 0.15) is 30.5 Å². The highest BCUT2D eigenvalue weighted by atomic mass is 19.1. The lowest BCUT2D eigenvalue weighted by Gasteiger charge is -2.03. The SMILES string of the molecule is Cc1[nH]c2c(F)cccc2c1CCCNC1CC1. The van der Waals surface area contributed by atoms with E-state index < -0.39 is 0 Å². The minimum atomic E-state index is -0.155. The van der Waals surface area contributed by atoms with Gasteiger partial charge in [-0.3, -0.25) is 0 Å². The Morgan fingerprint density at radius 2 is 2.22 bits per heavy atom. The molecule has 96 valence electrons. The summed E-state index contributed by atoms with van der Waals surface area (Å²) in [5.41, 5.74) is 3.02. The van der Waals surface area contributed by atoms with Crippen molar-refractivity contribution in [2.24, 2.45) is 0 Å². The number of halogens is 1. The summed E-state index contributed by atoms with van der Waals surface area (Å²) in [6.07, 6.45) is 4.78. The molecule has 1 fully saturated rings. The van der Waals surface area contributed by atoms with Crippen molar-refractivity contribution in [1.29, 1.82) is 0 Å². The van der Waals surface area contributed by atoms with Gasteiger partial charge in [-0.05, 0) is 50.8 Å². The molecule has 18 heavy (non-hydrogen) atoms. The molecule has 0 saturated heterocycles. The summed E-state index contributed by atoms with van der Waals surface area (Å²) in [6, 6.07) is 6.07. The number of nitrogens with one attached hydrogen (secondary N) is 2. The van der Waals surface area contributed by atoms with E-state index in [4.69, 9.17) is 0 Å². The zero-order valence-corrected chi connectivity index (χ0v) is 10.7. The Labute approximate surface area is 107 Å². The lowest BCUT2D eigenvalue weighted by Crippen LogP contribution is -2.17. The van der Waals surface area contributed by atoms with Gasteiger partial charge in [0, 0.05) is 17.1 Å². The molecule has 3 rings (SSSR count). The predicted octanol–water partition coefficient (Wildman–Crippen LogP) is 3.30. The first-order valence-corrected chi connectivity index (χ1v) is 6.75. The van der Waals surface area contributed by atoms with Crippen molar-refractivity contribution in [1.82, 2.24) is 10.3 Å². The summed E-state index contributed by atoms with van der Waals surface area (Å²) in [7, 11) is 0. The maximum atomic E-state index is 13.6. The molecule has 0 bridgehead atoms. The number of hydrogen-bond donors (Lipinski definition) is 2. The average Bonchev–Trinajstić information content (AvgIpc) is 3.11. The van der Waals surface area contributed by atoms with Gasteiger partial charge in [0.05, 0.1) is 5.52 Å². The van der Waals surface area contributed by atoms with Crippen LogP contribution in [-0.2, 0) is 6.42 Å². The summed E-state index contributed by atoms with van der Waals surface area (Å²) in [5, 5.41) is 4.55. The normalized spacial score (nSPS) is 15.4. The summed E-state index contributed by atoms with van der Waals surface area (Å²) < 4.78 is 13.6. The van der Waals surface area contributed by atoms with Gasteiger partial charge < -0.3 is 10.3 Å². The van der Waals surface area contributed by atoms with Gasteiger partial charge in [0.25, 0.3) is 0 Å². The van der Waals surface area contributed by atoms with Crippen LogP contribution in [0.2, 0.25) is 0 Å². The topological polar surface area (TPSA) is 27.8 Å². The molecule has 1 aliphatic carbocycles. The van der Waals surface area contributed by atoms with E-state index in [2.05, 4.69) is 10.3 Å². The van der Waals surface area contributed by atoms with Crippen molar-refractivity contribution in [2.75, 3.05) is 6.54 Å². The van der Waals surface area contributed by atoms with Crippen LogP contribution in [0.4, 0.5) is 4.39 Å². The summed E-state index contributed by atoms with van der Waals surface area (Å²) >= 11 is 0. The molecular formula is C15H19FN2. The Kier molecular flexibility index (Phi) is 3.08. The molecular weight excluding hydrogens is 227 g/mol. The summed E-state index contributed by atoms with van der Waals surface area (Å²) in [6.45, 7) is 3.09. The van der Waals surface area contributed by atoms with E-state index in [1.165, 1.54) is 24.5 Å². The molecule has 0 radical (unpaired) electrons. The fraction of sp³-hybridized carbons (Fsp3) is 0.467. The number of aromatic amines is 1. The Morgan fingerprint density at radius 3 is 3.00 bits per heavy atom. The number of hydrogen-bond acceptors (Lipinski definition) is 1. The standard InChI is InChI=1S/C15H19FN2/c1-10-12(5-3-9-17-11-7-8-11)13-4-2-6-14(16)15(13)18-10/h2,4,6,11,17-18H,3,5,7-9H2,1H3. The quantitative estimate of drug-likeness (QED) is 0.778. The Bertz CT molecular complexity index is 555. The molecule has 3 heteroatoms. The van der Waals surface area contributed by atoms with Gasteiger partial charge >= 0.3 is 0 Å². The molecule has 1 saturated carbocycles. The number of aromatic nitrogens is 1. The number of benzene rings is 1. The summed E-state index contributed by atoms with van der Waals surface area (Å²) in [4.78, 5) is 3.16. The first kappa shape index (κ1) is 11.7. The van der Waals surface area contributed by atoms with Crippen molar-refractivity contribution in [3.05, 3.63) is 35.3 Å². The van der Waals surface area contributed by atoms with Crippen molar-refractivity contribution in [3.8, 4) is 0 Å². The summed E-state index contributed by atoms with van der Waals surface area (Å²) in [5.74, 6) is -0.155. The smallest absolute Gasteiger partial charge is 0.147 e. The van der Waals surface area contributed by atoms with Gasteiger partial charge in [-0.15, -0.1) is 0 Å². The van der Waals surface area contributed by atoms with Crippen LogP contribution < -0.4 is 5.32 Å². The fourth-order valence-corrected chi connectivity index (χ4v) is 2.55. The van der Waals surface area contributed by atoms with Crippen LogP contribution in [0.5, 0.6) is 0 Å². The molecule has 0 atom stereocenters. The van der Waals surface area contributed by atoms with E-state index in [1.54, 1.807) is 6.07 Å². The highest BCUT2D eigenvalue weighted by Gasteiger charge is 2.19. The molecule has 1 heterocycles. The van der Waals surface area contributed by atoms with Gasteiger partial charge in [-0.25, -0.2) is 4.39 Å². The van der Waals surface area contributed by atoms with Crippen LogP contribution in [0.3, 0.4) is 0 Å². The minimum Gasteiger partial charge on any atom is -0.356 e. The number of aryl methyl sites for hydroxylation is 2. The predicted molar refractivity (Wildman–Crippen MR) is 72.3 cm³/mol. The largest absolute Gasteiger partial charge is 0.356 e. The third kappa shape index (κ3) is 2.27. The minimum absolute atomic E-state index is 0.155. The molecule has 2 N–H and O–H groups in total. The number of H-pyrrole nitrogens is 1. The first-order valence-electron chi connectivity index (χ1n) is 6.75. The Hall–Kier alpha value is -1.35. The van der Waals surface area contributed by atoms with Gasteiger partial charge in [0.15, 0.2) is 0 Å². The van der Waals surface area contributed by atoms with Crippen molar-refractivity contribution >= 4 is 10.9 Å². The van der Waals surface area contributed by atoms with Gasteiger partial charge in [0.2, 0.25) is 0 Å². The molecule has 2 nitrogen and oxygen atoms in total. The zero-order chi connectivity index (χ0) is 12.5. The highest BCUT2D eigenvalue weighted by molar-refractivity contribution is 5.85. The second-order valence-electron chi connectivity index (χ2n) is 5.22. The van der Waals surface area contributed by atoms with E-state index >= 15 is 0 Å². The molecule has 0 unspecified atom stereocenters. The lowest BCUT2D eigenvalue weighted by atomic mass is 10.1. The third-order valence-corrected chi connectivity index (χ3v) is 3.72. The number of rotatable bonds is 5. The maximum absolute atomic E-state index is 13.6. The van der Waals surface area contributed by atoms with E-state index in [-0.39, 0.29) is 5.82 Å². The molecule has 1 aromatic heterocycles. The first-order chi connectivity index (χ1) is 8.75. The van der Waals surface area contributed by atoms with Gasteiger partial charge in [-0.1, -0.05) is 12.1 Å². The van der Waals surface area contributed by atoms with Crippen molar-refractivity contribution in [2.45, 2.75) is 38.6 Å². The zero-order valence-electron chi connectivity index (χ0n) is 10.7. The van der Waals surface area contributed by atoms with Gasteiger partial charge in [0.1, 0.15) is 5.82 Å². The van der Waals surface area contributed by atoms with Crippen molar-refractivity contribution < 1.29 is 4.39 Å². The number of para-hydroxylation sites is 1. The molecule has 0 amide bonds. The van der Waals surface area contributed by atoms with Gasteiger partial charge in [-0.2, -0.15) is 0 Å². The lowest BCUT2D eigenvalue weighted by molar-refractivity contribution is 0.637. The fourth-order valence-electron chi connectivity index (χ4n) is 2.55. The van der Waals surface area contributed by atoms with Crippen LogP contribution in [-0.4, -0.2) is 17.6 Å². The van der Waals surface area contributed by atoms with Crippen molar-refractivity contribution in [3.63, 3.8) is 0 Å². The molecule has 1 aliphatic rings. The third-order valence-electron chi connectivity index (χ3n) is 3.72. The monoisotopic (exact) mass is 246 g/mol. The second-order valence-corrected chi connectivity index (χ2v) is 5.22. The van der Waals surface area contributed by atoms with Crippen LogP contribution in [0, 0.1) is 12.7 Å². The van der Waals surface area contributed by atoms with Crippen LogP contribution in [0.25, 0.3) is 10.9 Å². The Morgan fingerprint density at radius 1 is 1.39 bits per heavy atom. The average molecular weight is 246 g/mol. The van der Waals surface area contributed by atoms with E-state index in [1.807, 2.05) is 13.0 Å². The van der Waals surface area contributed by atoms with Crippen LogP contribution >= 0.6 is 0 Å². The maximum Gasteiger partial charge on any atom is 0.147 e. The second kappa shape index (κ2) is 4.73. The molecule has 0 spiro atoms. The Balaban J connectivity index is 1.73. The molecule has 2 aromatic rings.